The highest BCUT2D eigenvalue weighted by Crippen LogP contribution is 2.23. The molecule has 2 aromatic carbocycles. The molecule has 0 fully saturated rings. The van der Waals surface area contributed by atoms with E-state index < -0.39 is 0 Å². The van der Waals surface area contributed by atoms with Crippen LogP contribution in [0.5, 0.6) is 0 Å². The van der Waals surface area contributed by atoms with Gasteiger partial charge in [-0.15, -0.1) is 10.2 Å². The second kappa shape index (κ2) is 6.45. The number of H-pyrrole nitrogens is 1. The zero-order chi connectivity index (χ0) is 19.1. The van der Waals surface area contributed by atoms with Crippen LogP contribution in [0.3, 0.4) is 0 Å². The molecule has 0 saturated carbocycles. The summed E-state index contributed by atoms with van der Waals surface area (Å²) in [5.41, 5.74) is 4.31. The maximum absolute atomic E-state index is 13.1. The second-order valence-corrected chi connectivity index (χ2v) is 6.68. The van der Waals surface area contributed by atoms with E-state index in [9.17, 15) is 4.79 Å². The Morgan fingerprint density at radius 1 is 1.00 bits per heavy atom. The number of benzene rings is 2. The number of aromatic amines is 1. The SMILES string of the molecule is CCc1cc2nnc(-c3nc4ccccc4n3Cc3ccccc3)c(=O)n2[nH]1. The third-order valence-corrected chi connectivity index (χ3v) is 4.88. The van der Waals surface area contributed by atoms with Gasteiger partial charge in [-0.25, -0.2) is 4.98 Å². The topological polar surface area (TPSA) is 80.9 Å². The Labute approximate surface area is 160 Å². The summed E-state index contributed by atoms with van der Waals surface area (Å²) < 4.78 is 3.46. The molecule has 28 heavy (non-hydrogen) atoms. The van der Waals surface area contributed by atoms with Crippen LogP contribution in [0.4, 0.5) is 0 Å². The van der Waals surface area contributed by atoms with Crippen molar-refractivity contribution in [3.05, 3.63) is 82.3 Å². The second-order valence-electron chi connectivity index (χ2n) is 6.68. The predicted octanol–water partition coefficient (Wildman–Crippen LogP) is 3.04. The zero-order valence-electron chi connectivity index (χ0n) is 15.3. The fourth-order valence-electron chi connectivity index (χ4n) is 3.44. The van der Waals surface area contributed by atoms with Gasteiger partial charge in [-0.2, -0.15) is 4.52 Å². The minimum absolute atomic E-state index is 0.231. The molecule has 0 atom stereocenters. The number of nitrogens with one attached hydrogen (secondary N) is 1. The largest absolute Gasteiger partial charge is 0.318 e. The van der Waals surface area contributed by atoms with Crippen LogP contribution in [-0.2, 0) is 13.0 Å². The van der Waals surface area contributed by atoms with Crippen molar-refractivity contribution in [1.29, 1.82) is 0 Å². The number of hydrogen-bond donors (Lipinski definition) is 1. The molecule has 138 valence electrons. The maximum Gasteiger partial charge on any atom is 0.302 e. The van der Waals surface area contributed by atoms with Gasteiger partial charge in [-0.1, -0.05) is 49.4 Å². The number of nitrogens with zero attached hydrogens (tertiary/aromatic N) is 5. The summed E-state index contributed by atoms with van der Waals surface area (Å²) in [6.45, 7) is 2.61. The van der Waals surface area contributed by atoms with Crippen LogP contribution in [0.2, 0.25) is 0 Å². The molecule has 5 aromatic rings. The normalized spacial score (nSPS) is 11.5. The van der Waals surface area contributed by atoms with E-state index >= 15 is 0 Å². The molecular weight excluding hydrogens is 352 g/mol. The molecule has 0 amide bonds. The molecule has 1 N–H and O–H groups in total. The average Bonchev–Trinajstić information content (AvgIpc) is 3.31. The Bertz CT molecular complexity index is 1350. The molecule has 0 aliphatic heterocycles. The van der Waals surface area contributed by atoms with Crippen LogP contribution >= 0.6 is 0 Å². The van der Waals surface area contributed by atoms with Crippen molar-refractivity contribution >= 4 is 16.7 Å². The molecule has 3 aromatic heterocycles. The van der Waals surface area contributed by atoms with E-state index in [0.29, 0.717) is 18.0 Å². The molecule has 7 heteroatoms. The lowest BCUT2D eigenvalue weighted by Crippen LogP contribution is -2.21. The quantitative estimate of drug-likeness (QED) is 0.527. The summed E-state index contributed by atoms with van der Waals surface area (Å²) in [6.07, 6.45) is 0.782. The number of rotatable bonds is 4. The molecule has 3 heterocycles. The molecular formula is C21H18N6O. The lowest BCUT2D eigenvalue weighted by atomic mass is 10.2. The van der Waals surface area contributed by atoms with Crippen molar-refractivity contribution in [3.8, 4) is 11.5 Å². The predicted molar refractivity (Wildman–Crippen MR) is 107 cm³/mol. The average molecular weight is 370 g/mol. The molecule has 0 bridgehead atoms. The third-order valence-electron chi connectivity index (χ3n) is 4.88. The van der Waals surface area contributed by atoms with Crippen LogP contribution in [0, 0.1) is 0 Å². The third kappa shape index (κ3) is 2.60. The van der Waals surface area contributed by atoms with E-state index in [0.717, 1.165) is 28.7 Å². The van der Waals surface area contributed by atoms with Gasteiger partial charge >= 0.3 is 5.56 Å². The molecule has 0 aliphatic carbocycles. The monoisotopic (exact) mass is 370 g/mol. The molecule has 7 nitrogen and oxygen atoms in total. The Hall–Kier alpha value is -3.74. The number of aryl methyl sites for hydroxylation is 1. The molecule has 0 saturated heterocycles. The van der Waals surface area contributed by atoms with E-state index in [4.69, 9.17) is 4.98 Å². The number of aromatic nitrogens is 6. The van der Waals surface area contributed by atoms with Crippen LogP contribution in [-0.4, -0.2) is 29.4 Å². The first kappa shape index (κ1) is 16.4. The zero-order valence-corrected chi connectivity index (χ0v) is 15.3. The summed E-state index contributed by atoms with van der Waals surface area (Å²) in [5.74, 6) is 0.518. The van der Waals surface area contributed by atoms with E-state index in [2.05, 4.69) is 27.4 Å². The molecule has 0 aliphatic rings. The Balaban J connectivity index is 1.75. The molecule has 5 rings (SSSR count). The van der Waals surface area contributed by atoms with Gasteiger partial charge in [-0.05, 0) is 24.1 Å². The van der Waals surface area contributed by atoms with Crippen molar-refractivity contribution in [2.75, 3.05) is 0 Å². The summed E-state index contributed by atoms with van der Waals surface area (Å²) in [4.78, 5) is 17.8. The van der Waals surface area contributed by atoms with Gasteiger partial charge in [0.05, 0.1) is 11.0 Å². The van der Waals surface area contributed by atoms with E-state index in [1.165, 1.54) is 4.52 Å². The number of para-hydroxylation sites is 2. The first-order valence-corrected chi connectivity index (χ1v) is 9.21. The van der Waals surface area contributed by atoms with E-state index in [1.54, 1.807) is 0 Å². The van der Waals surface area contributed by atoms with E-state index in [-0.39, 0.29) is 11.3 Å². The van der Waals surface area contributed by atoms with Crippen LogP contribution in [0.25, 0.3) is 28.2 Å². The van der Waals surface area contributed by atoms with Gasteiger partial charge < -0.3 is 4.57 Å². The van der Waals surface area contributed by atoms with Crippen LogP contribution < -0.4 is 5.56 Å². The fourth-order valence-corrected chi connectivity index (χ4v) is 3.44. The highest BCUT2D eigenvalue weighted by Gasteiger charge is 2.19. The summed E-state index contributed by atoms with van der Waals surface area (Å²) in [6, 6.07) is 19.8. The smallest absolute Gasteiger partial charge is 0.302 e. The molecule has 0 unspecified atom stereocenters. The van der Waals surface area contributed by atoms with Gasteiger partial charge in [0.1, 0.15) is 0 Å². The minimum atomic E-state index is -0.255. The maximum atomic E-state index is 13.1. The molecule has 0 radical (unpaired) electrons. The number of imidazole rings is 1. The number of fused-ring (bicyclic) bond motifs is 2. The lowest BCUT2D eigenvalue weighted by Gasteiger charge is -2.08. The van der Waals surface area contributed by atoms with Crippen molar-refractivity contribution in [2.24, 2.45) is 0 Å². The standard InChI is InChI=1S/C21H18N6O/c1-2-15-12-18-23-24-19(21(28)27(18)25-15)20-22-16-10-6-7-11-17(16)26(20)13-14-8-4-3-5-9-14/h3-12,25H,2,13H2,1H3. The van der Waals surface area contributed by atoms with E-state index in [1.807, 2.05) is 60.0 Å². The number of hydrogen-bond acceptors (Lipinski definition) is 4. The van der Waals surface area contributed by atoms with Crippen molar-refractivity contribution < 1.29 is 0 Å². The van der Waals surface area contributed by atoms with Crippen molar-refractivity contribution in [3.63, 3.8) is 0 Å². The Kier molecular flexibility index (Phi) is 3.79. The first-order chi connectivity index (χ1) is 13.7. The summed E-state index contributed by atoms with van der Waals surface area (Å²) >= 11 is 0. The van der Waals surface area contributed by atoms with Crippen LogP contribution in [0.15, 0.2) is 65.5 Å². The van der Waals surface area contributed by atoms with Gasteiger partial charge in [0.2, 0.25) is 0 Å². The summed E-state index contributed by atoms with van der Waals surface area (Å²) in [7, 11) is 0. The van der Waals surface area contributed by atoms with Gasteiger partial charge in [0.15, 0.2) is 17.2 Å². The Morgan fingerprint density at radius 3 is 2.61 bits per heavy atom. The van der Waals surface area contributed by atoms with Gasteiger partial charge in [0, 0.05) is 18.3 Å². The van der Waals surface area contributed by atoms with Crippen LogP contribution in [0.1, 0.15) is 18.2 Å². The summed E-state index contributed by atoms with van der Waals surface area (Å²) in [5, 5.41) is 11.6. The minimum Gasteiger partial charge on any atom is -0.318 e. The molecule has 0 spiro atoms. The van der Waals surface area contributed by atoms with Crippen molar-refractivity contribution in [1.82, 2.24) is 29.4 Å². The Morgan fingerprint density at radius 2 is 1.79 bits per heavy atom. The first-order valence-electron chi connectivity index (χ1n) is 9.21. The highest BCUT2D eigenvalue weighted by molar-refractivity contribution is 5.80. The fraction of sp³-hybridized carbons (Fsp3) is 0.143. The van der Waals surface area contributed by atoms with Gasteiger partial charge in [-0.3, -0.25) is 9.89 Å². The highest BCUT2D eigenvalue weighted by atomic mass is 16.1. The van der Waals surface area contributed by atoms with Gasteiger partial charge in [0.25, 0.3) is 0 Å². The lowest BCUT2D eigenvalue weighted by molar-refractivity contribution is 0.797. The van der Waals surface area contributed by atoms with Crippen molar-refractivity contribution in [2.45, 2.75) is 19.9 Å².